The van der Waals surface area contributed by atoms with Gasteiger partial charge in [0.05, 0.1) is 17.6 Å². The lowest BCUT2D eigenvalue weighted by Gasteiger charge is -2.37. The third-order valence-corrected chi connectivity index (χ3v) is 7.22. The average Bonchev–Trinajstić information content (AvgIpc) is 2.82. The number of rotatable bonds is 9. The van der Waals surface area contributed by atoms with Crippen LogP contribution in [0.15, 0.2) is 12.1 Å². The molecule has 0 aliphatic heterocycles. The Kier molecular flexibility index (Phi) is 9.47. The summed E-state index contributed by atoms with van der Waals surface area (Å²) in [5, 5.41) is 8.76. The van der Waals surface area contributed by atoms with Gasteiger partial charge in [0.15, 0.2) is 11.6 Å². The third kappa shape index (κ3) is 6.51. The molecular weight excluding hydrogens is 412 g/mol. The first-order valence-corrected chi connectivity index (χ1v) is 12.2. The van der Waals surface area contributed by atoms with Crippen molar-refractivity contribution in [3.63, 3.8) is 0 Å². The molecule has 0 N–H and O–H groups in total. The number of nitriles is 1. The zero-order valence-electron chi connectivity index (χ0n) is 19.1. The Hall–Kier alpha value is -2.00. The van der Waals surface area contributed by atoms with Gasteiger partial charge in [-0.1, -0.05) is 26.2 Å². The van der Waals surface area contributed by atoms with Crippen LogP contribution in [0, 0.1) is 40.7 Å². The van der Waals surface area contributed by atoms with E-state index in [1.165, 1.54) is 32.1 Å². The summed E-state index contributed by atoms with van der Waals surface area (Å²) in [4.78, 5) is 12.5. The summed E-state index contributed by atoms with van der Waals surface area (Å²) in [6.07, 6.45) is 13.4. The van der Waals surface area contributed by atoms with Crippen LogP contribution in [-0.2, 0) is 9.53 Å². The number of benzene rings is 1. The first-order valence-electron chi connectivity index (χ1n) is 12.2. The molecule has 0 spiro atoms. The maximum absolute atomic E-state index is 14.0. The third-order valence-electron chi connectivity index (χ3n) is 7.22. The highest BCUT2D eigenvalue weighted by Gasteiger charge is 2.34. The minimum absolute atomic E-state index is 0.285. The van der Waals surface area contributed by atoms with E-state index in [4.69, 9.17) is 14.7 Å². The van der Waals surface area contributed by atoms with Crippen molar-refractivity contribution < 1.29 is 23.0 Å². The van der Waals surface area contributed by atoms with Crippen LogP contribution in [0.5, 0.6) is 5.75 Å². The van der Waals surface area contributed by atoms with E-state index in [9.17, 15) is 13.6 Å². The van der Waals surface area contributed by atoms with E-state index in [0.717, 1.165) is 63.7 Å². The lowest BCUT2D eigenvalue weighted by Crippen LogP contribution is -2.31. The molecule has 1 aromatic rings. The Morgan fingerprint density at radius 2 is 1.62 bits per heavy atom. The van der Waals surface area contributed by atoms with Crippen LogP contribution in [0.1, 0.15) is 89.5 Å². The number of nitrogens with zero attached hydrogens (tertiary/aromatic N) is 1. The fraction of sp³-hybridized carbons (Fsp3) is 0.692. The van der Waals surface area contributed by atoms with E-state index in [-0.39, 0.29) is 5.92 Å². The van der Waals surface area contributed by atoms with Gasteiger partial charge in [-0.15, -0.1) is 0 Å². The lowest BCUT2D eigenvalue weighted by atomic mass is 9.70. The molecule has 2 saturated carbocycles. The van der Waals surface area contributed by atoms with Crippen LogP contribution >= 0.6 is 0 Å². The van der Waals surface area contributed by atoms with E-state index in [0.29, 0.717) is 17.9 Å². The quantitative estimate of drug-likeness (QED) is 0.240. The van der Waals surface area contributed by atoms with Crippen LogP contribution in [0.4, 0.5) is 8.78 Å². The molecule has 0 atom stereocenters. The number of halogens is 2. The number of carbonyl (C=O) groups excluding carboxylic acids is 1. The highest BCUT2D eigenvalue weighted by Crippen LogP contribution is 2.41. The molecule has 4 nitrogen and oxygen atoms in total. The molecule has 2 aliphatic rings. The molecule has 0 amide bonds. The standard InChI is InChI=1S/C26H35F2NO3/c1-2-3-4-5-16-31-22-13-10-19(11-14-22)18-6-8-20(9-7-18)26(30)32-23-15-12-21(17-29)24(27)25(23)28/h12,15,18-20,22H,2-11,13-14,16H2,1H3/t18-,19-,20-,22-. The molecule has 3 rings (SSSR count). The summed E-state index contributed by atoms with van der Waals surface area (Å²) in [6.45, 7) is 3.10. The molecular formula is C26H35F2NO3. The van der Waals surface area contributed by atoms with Gasteiger partial charge in [-0.2, -0.15) is 9.65 Å². The summed E-state index contributed by atoms with van der Waals surface area (Å²) in [5.41, 5.74) is -0.403. The highest BCUT2D eigenvalue weighted by atomic mass is 19.2. The maximum Gasteiger partial charge on any atom is 0.314 e. The Morgan fingerprint density at radius 3 is 2.25 bits per heavy atom. The molecule has 2 aliphatic carbocycles. The van der Waals surface area contributed by atoms with E-state index in [1.54, 1.807) is 6.07 Å². The number of esters is 1. The molecule has 6 heteroatoms. The summed E-state index contributed by atoms with van der Waals surface area (Å²) in [5.74, 6) is -2.48. The SMILES string of the molecule is CCCCCCO[C@H]1CC[C@H]([C@H]2CC[C@H](C(=O)Oc3ccc(C#N)c(F)c3F)CC2)CC1. The predicted octanol–water partition coefficient (Wildman–Crippen LogP) is 6.70. The molecule has 0 bridgehead atoms. The van der Waals surface area contributed by atoms with E-state index in [1.807, 2.05) is 0 Å². The maximum atomic E-state index is 14.0. The van der Waals surface area contributed by atoms with Gasteiger partial charge in [-0.05, 0) is 81.8 Å². The molecule has 176 valence electrons. The number of ether oxygens (including phenoxy) is 2. The van der Waals surface area contributed by atoms with Crippen LogP contribution in [-0.4, -0.2) is 18.7 Å². The average molecular weight is 448 g/mol. The number of hydrogen-bond donors (Lipinski definition) is 0. The van der Waals surface area contributed by atoms with E-state index >= 15 is 0 Å². The second-order valence-electron chi connectivity index (χ2n) is 9.35. The van der Waals surface area contributed by atoms with E-state index < -0.39 is 28.9 Å². The van der Waals surface area contributed by atoms with Crippen molar-refractivity contribution in [2.45, 2.75) is 90.1 Å². The fourth-order valence-electron chi connectivity index (χ4n) is 5.22. The first kappa shape index (κ1) is 24.6. The van der Waals surface area contributed by atoms with Crippen molar-refractivity contribution in [3.05, 3.63) is 29.3 Å². The molecule has 2 fully saturated rings. The van der Waals surface area contributed by atoms with Crippen molar-refractivity contribution in [1.82, 2.24) is 0 Å². The fourth-order valence-corrected chi connectivity index (χ4v) is 5.22. The Morgan fingerprint density at radius 1 is 0.969 bits per heavy atom. The van der Waals surface area contributed by atoms with Crippen molar-refractivity contribution in [2.75, 3.05) is 6.61 Å². The molecule has 0 heterocycles. The monoisotopic (exact) mass is 447 g/mol. The van der Waals surface area contributed by atoms with Gasteiger partial charge in [0, 0.05) is 6.61 Å². The minimum Gasteiger partial charge on any atom is -0.423 e. The Bertz CT molecular complexity index is 791. The predicted molar refractivity (Wildman–Crippen MR) is 118 cm³/mol. The summed E-state index contributed by atoms with van der Waals surface area (Å²) >= 11 is 0. The van der Waals surface area contributed by atoms with Gasteiger partial charge < -0.3 is 9.47 Å². The van der Waals surface area contributed by atoms with Crippen molar-refractivity contribution in [1.29, 1.82) is 5.26 Å². The van der Waals surface area contributed by atoms with Gasteiger partial charge in [0.1, 0.15) is 6.07 Å². The summed E-state index contributed by atoms with van der Waals surface area (Å²) in [7, 11) is 0. The van der Waals surface area contributed by atoms with Gasteiger partial charge in [0.2, 0.25) is 5.82 Å². The van der Waals surface area contributed by atoms with Crippen LogP contribution in [0.2, 0.25) is 0 Å². The second-order valence-corrected chi connectivity index (χ2v) is 9.35. The van der Waals surface area contributed by atoms with Crippen LogP contribution in [0.25, 0.3) is 0 Å². The van der Waals surface area contributed by atoms with Gasteiger partial charge >= 0.3 is 5.97 Å². The number of unbranched alkanes of at least 4 members (excludes halogenated alkanes) is 3. The molecule has 32 heavy (non-hydrogen) atoms. The largest absolute Gasteiger partial charge is 0.423 e. The topological polar surface area (TPSA) is 59.3 Å². The lowest BCUT2D eigenvalue weighted by molar-refractivity contribution is -0.140. The summed E-state index contributed by atoms with van der Waals surface area (Å²) in [6, 6.07) is 3.84. The van der Waals surface area contributed by atoms with Crippen molar-refractivity contribution in [2.24, 2.45) is 17.8 Å². The van der Waals surface area contributed by atoms with E-state index in [2.05, 4.69) is 6.92 Å². The minimum atomic E-state index is -1.28. The molecule has 1 aromatic carbocycles. The number of hydrogen-bond acceptors (Lipinski definition) is 4. The van der Waals surface area contributed by atoms with Gasteiger partial charge in [-0.3, -0.25) is 4.79 Å². The normalized spacial score (nSPS) is 25.8. The highest BCUT2D eigenvalue weighted by molar-refractivity contribution is 5.75. The zero-order valence-corrected chi connectivity index (χ0v) is 19.1. The molecule has 0 aromatic heterocycles. The van der Waals surface area contributed by atoms with Gasteiger partial charge in [-0.25, -0.2) is 4.39 Å². The molecule has 0 saturated heterocycles. The second kappa shape index (κ2) is 12.3. The molecule has 0 radical (unpaired) electrons. The van der Waals surface area contributed by atoms with Crippen molar-refractivity contribution in [3.8, 4) is 11.8 Å². The van der Waals surface area contributed by atoms with Gasteiger partial charge in [0.25, 0.3) is 0 Å². The first-order chi connectivity index (χ1) is 15.5. The molecule has 0 unspecified atom stereocenters. The summed E-state index contributed by atoms with van der Waals surface area (Å²) < 4.78 is 39.0. The smallest absolute Gasteiger partial charge is 0.314 e. The van der Waals surface area contributed by atoms with Crippen LogP contribution in [0.3, 0.4) is 0 Å². The Balaban J connectivity index is 1.39. The number of carbonyl (C=O) groups is 1. The zero-order chi connectivity index (χ0) is 22.9. The Labute approximate surface area is 190 Å². The van der Waals surface area contributed by atoms with Crippen molar-refractivity contribution >= 4 is 5.97 Å². The van der Waals surface area contributed by atoms with Crippen LogP contribution < -0.4 is 4.74 Å².